The van der Waals surface area contributed by atoms with E-state index in [1.165, 1.54) is 89.9 Å². The third-order valence-corrected chi connectivity index (χ3v) is 5.66. The summed E-state index contributed by atoms with van der Waals surface area (Å²) in [6, 6.07) is 0. The van der Waals surface area contributed by atoms with Gasteiger partial charge in [-0.25, -0.2) is 0 Å². The van der Waals surface area contributed by atoms with Gasteiger partial charge in [0.05, 0.1) is 0 Å². The van der Waals surface area contributed by atoms with E-state index in [1.807, 2.05) is 0 Å². The number of unbranched alkanes of at least 4 members (excludes halogenated alkanes) is 14. The second-order valence-corrected chi connectivity index (χ2v) is 9.11. The van der Waals surface area contributed by atoms with Gasteiger partial charge >= 0.3 is 111 Å². The Kier molecular flexibility index (Phi) is 20.4. The van der Waals surface area contributed by atoms with Crippen LogP contribution in [0.4, 0.5) is 0 Å². The van der Waals surface area contributed by atoms with Gasteiger partial charge in [0.1, 0.15) is 0 Å². The average molecular weight is 439 g/mol. The summed E-state index contributed by atoms with van der Waals surface area (Å²) in [7, 11) is 0. The van der Waals surface area contributed by atoms with E-state index in [4.69, 9.17) is 3.07 Å². The predicted octanol–water partition coefficient (Wildman–Crippen LogP) is 3.82. The minimum atomic E-state index is -0.308. The molecule has 0 rings (SSSR count). The van der Waals surface area contributed by atoms with E-state index in [0.29, 0.717) is 6.42 Å². The van der Waals surface area contributed by atoms with Crippen molar-refractivity contribution in [1.29, 1.82) is 0 Å². The maximum absolute atomic E-state index is 11.3. The van der Waals surface area contributed by atoms with Crippen molar-refractivity contribution in [3.63, 3.8) is 0 Å². The van der Waals surface area contributed by atoms with Crippen molar-refractivity contribution < 1.29 is 29.5 Å². The Morgan fingerprint density at radius 3 is 1.43 bits per heavy atom. The molecule has 0 spiro atoms. The maximum atomic E-state index is 11.3. The summed E-state index contributed by atoms with van der Waals surface area (Å²) in [6.45, 7) is 4.36. The molecule has 0 N–H and O–H groups in total. The van der Waals surface area contributed by atoms with Crippen molar-refractivity contribution in [2.75, 3.05) is 4.43 Å². The third-order valence-electron chi connectivity index (χ3n) is 4.23. The molecule has 0 unspecified atom stereocenters. The van der Waals surface area contributed by atoms with Crippen LogP contribution in [0.25, 0.3) is 0 Å². The Bertz CT molecular complexity index is 244. The second-order valence-electron chi connectivity index (χ2n) is 6.53. The van der Waals surface area contributed by atoms with Crippen LogP contribution in [0.1, 0.15) is 117 Å². The molecule has 0 saturated carbocycles. The van der Waals surface area contributed by atoms with Gasteiger partial charge in [-0.3, -0.25) is 0 Å². The van der Waals surface area contributed by atoms with Crippen molar-refractivity contribution in [3.05, 3.63) is 0 Å². The Hall–Kier alpha value is 0.200. The minimum absolute atomic E-state index is 0.0364. The van der Waals surface area contributed by atoms with Gasteiger partial charge in [-0.05, 0) is 0 Å². The molecule has 0 aromatic carbocycles. The van der Waals surface area contributed by atoms with E-state index in [9.17, 15) is 4.79 Å². The van der Waals surface area contributed by atoms with Crippen LogP contribution < -0.4 is 21.6 Å². The van der Waals surface area contributed by atoms with Gasteiger partial charge in [0.25, 0.3) is 0 Å². The Labute approximate surface area is 156 Å². The molecule has 0 aromatic heterocycles. The summed E-state index contributed by atoms with van der Waals surface area (Å²) in [4.78, 5) is 11.3. The van der Waals surface area contributed by atoms with E-state index in [2.05, 4.69) is 13.8 Å². The molecule has 23 heavy (non-hydrogen) atoms. The fraction of sp³-hybridized carbons (Fsp3) is 0.950. The molecule has 0 radical (unpaired) electrons. The fourth-order valence-corrected chi connectivity index (χ4v) is 3.67. The van der Waals surface area contributed by atoms with Crippen molar-refractivity contribution >= 4 is 5.97 Å². The summed E-state index contributed by atoms with van der Waals surface area (Å²) in [5.41, 5.74) is 0. The van der Waals surface area contributed by atoms with Crippen molar-refractivity contribution in [1.82, 2.24) is 0 Å². The van der Waals surface area contributed by atoms with Gasteiger partial charge in [0.2, 0.25) is 0 Å². The number of hydrogen-bond acceptors (Lipinski definition) is 2. The van der Waals surface area contributed by atoms with Crippen LogP contribution >= 0.6 is 0 Å². The van der Waals surface area contributed by atoms with E-state index in [1.54, 1.807) is 0 Å². The average Bonchev–Trinajstić information content (AvgIpc) is 2.56. The van der Waals surface area contributed by atoms with Crippen LogP contribution in [0.3, 0.4) is 0 Å². The van der Waals surface area contributed by atoms with E-state index < -0.39 is 0 Å². The number of carbonyl (C=O) groups excluding carboxylic acids is 1. The number of carbonyl (C=O) groups is 1. The Balaban J connectivity index is 3.04. The standard InChI is InChI=1S/C20H40IO2/c1-3-5-6-7-8-9-10-11-12-13-14-15-16-17-18-19-20(22)23-21-4-2/h3-19H2,1-2H3/q-1. The molecular weight excluding hydrogens is 399 g/mol. The van der Waals surface area contributed by atoms with E-state index in [0.717, 1.165) is 10.8 Å². The number of hydrogen-bond donors (Lipinski definition) is 0. The number of rotatable bonds is 18. The molecular formula is C20H40IO2-. The van der Waals surface area contributed by atoms with Crippen LogP contribution in [0.2, 0.25) is 0 Å². The second kappa shape index (κ2) is 20.2. The van der Waals surface area contributed by atoms with Crippen LogP contribution in [0, 0.1) is 0 Å². The molecule has 0 aliphatic heterocycles. The van der Waals surface area contributed by atoms with Crippen LogP contribution in [0.15, 0.2) is 0 Å². The fourth-order valence-electron chi connectivity index (χ4n) is 2.79. The zero-order chi connectivity index (χ0) is 17.0. The summed E-state index contributed by atoms with van der Waals surface area (Å²) < 4.78 is 6.21. The van der Waals surface area contributed by atoms with E-state index >= 15 is 0 Å². The van der Waals surface area contributed by atoms with Crippen LogP contribution in [-0.4, -0.2) is 10.4 Å². The molecule has 2 nitrogen and oxygen atoms in total. The first kappa shape index (κ1) is 23.2. The number of alkyl halides is 1. The molecule has 0 atom stereocenters. The molecule has 0 heterocycles. The molecule has 0 aliphatic carbocycles. The summed E-state index contributed by atoms with van der Waals surface area (Å²) in [6.07, 6.45) is 21.1. The molecule has 0 amide bonds. The van der Waals surface area contributed by atoms with Gasteiger partial charge < -0.3 is 0 Å². The first-order valence-corrected chi connectivity index (χ1v) is 12.5. The van der Waals surface area contributed by atoms with Crippen LogP contribution in [-0.2, 0) is 7.86 Å². The molecule has 0 aliphatic rings. The summed E-state index contributed by atoms with van der Waals surface area (Å²) in [5.74, 6) is 0.0364. The van der Waals surface area contributed by atoms with Crippen molar-refractivity contribution in [3.8, 4) is 0 Å². The van der Waals surface area contributed by atoms with Gasteiger partial charge in [0.15, 0.2) is 0 Å². The first-order chi connectivity index (χ1) is 11.3. The first-order valence-electron chi connectivity index (χ1n) is 10.1. The van der Waals surface area contributed by atoms with Gasteiger partial charge in [-0.1, -0.05) is 45.4 Å². The molecule has 0 fully saturated rings. The van der Waals surface area contributed by atoms with Gasteiger partial charge in [-0.15, -0.1) is 0 Å². The Morgan fingerprint density at radius 2 is 1.04 bits per heavy atom. The van der Waals surface area contributed by atoms with E-state index in [-0.39, 0.29) is 27.6 Å². The zero-order valence-electron chi connectivity index (χ0n) is 15.7. The third kappa shape index (κ3) is 20.2. The Morgan fingerprint density at radius 1 is 0.652 bits per heavy atom. The molecule has 0 aromatic rings. The van der Waals surface area contributed by atoms with Crippen molar-refractivity contribution in [2.24, 2.45) is 0 Å². The number of halogens is 1. The van der Waals surface area contributed by atoms with Crippen LogP contribution in [0.5, 0.6) is 0 Å². The quantitative estimate of drug-likeness (QED) is 0.184. The van der Waals surface area contributed by atoms with Gasteiger partial charge in [-0.2, -0.15) is 0 Å². The molecule has 140 valence electrons. The SMILES string of the molecule is CCCCCCCCCCCCCCCCCC(=O)O[I-]CC. The topological polar surface area (TPSA) is 26.3 Å². The normalized spacial score (nSPS) is 11.0. The van der Waals surface area contributed by atoms with Gasteiger partial charge in [0, 0.05) is 0 Å². The molecule has 0 saturated heterocycles. The summed E-state index contributed by atoms with van der Waals surface area (Å²) in [5, 5.41) is 0. The predicted molar refractivity (Wildman–Crippen MR) is 96.2 cm³/mol. The van der Waals surface area contributed by atoms with Crippen molar-refractivity contribution in [2.45, 2.75) is 117 Å². The molecule has 0 bridgehead atoms. The zero-order valence-corrected chi connectivity index (χ0v) is 17.9. The summed E-state index contributed by atoms with van der Waals surface area (Å²) >= 11 is -0.308. The monoisotopic (exact) mass is 439 g/mol. The molecule has 3 heteroatoms.